The Morgan fingerprint density at radius 2 is 1.95 bits per heavy atom. The molecule has 104 valence electrons. The summed E-state index contributed by atoms with van der Waals surface area (Å²) in [5.74, 6) is 0. The number of aromatic nitrogens is 1. The molecule has 1 aliphatic carbocycles. The molecular weight excluding hydrogens is 236 g/mol. The predicted molar refractivity (Wildman–Crippen MR) is 75.9 cm³/mol. The number of aliphatic hydroxyl groups is 1. The van der Waals surface area contributed by atoms with E-state index in [1.54, 1.807) is 0 Å². The Labute approximate surface area is 115 Å². The van der Waals surface area contributed by atoms with Crippen molar-refractivity contribution in [1.82, 2.24) is 9.88 Å². The molecule has 1 aromatic heterocycles. The summed E-state index contributed by atoms with van der Waals surface area (Å²) < 4.78 is 0. The smallest absolute Gasteiger partial charge is 0.107 e. The summed E-state index contributed by atoms with van der Waals surface area (Å²) in [4.78, 5) is 7.01. The zero-order chi connectivity index (χ0) is 13.3. The molecule has 3 nitrogen and oxygen atoms in total. The van der Waals surface area contributed by atoms with Crippen LogP contribution < -0.4 is 0 Å². The first-order chi connectivity index (χ1) is 9.17. The Balaban J connectivity index is 1.68. The van der Waals surface area contributed by atoms with Gasteiger partial charge >= 0.3 is 0 Å². The van der Waals surface area contributed by atoms with Gasteiger partial charge in [-0.15, -0.1) is 0 Å². The minimum absolute atomic E-state index is 0.688. The van der Waals surface area contributed by atoms with Gasteiger partial charge in [-0.05, 0) is 76.2 Å². The quantitative estimate of drug-likeness (QED) is 0.888. The lowest BCUT2D eigenvalue weighted by atomic mass is 9.79. The minimum Gasteiger partial charge on any atom is -0.384 e. The van der Waals surface area contributed by atoms with Crippen LogP contribution in [0.15, 0.2) is 18.3 Å². The fourth-order valence-corrected chi connectivity index (χ4v) is 3.60. The number of rotatable bonds is 2. The molecule has 0 atom stereocenters. The average molecular weight is 260 g/mol. The van der Waals surface area contributed by atoms with Crippen molar-refractivity contribution in [3.8, 4) is 0 Å². The fourth-order valence-electron chi connectivity index (χ4n) is 3.60. The lowest BCUT2D eigenvalue weighted by Gasteiger charge is -2.39. The van der Waals surface area contributed by atoms with Crippen LogP contribution in [0.3, 0.4) is 0 Å². The van der Waals surface area contributed by atoms with Crippen molar-refractivity contribution in [3.63, 3.8) is 0 Å². The van der Waals surface area contributed by atoms with E-state index in [0.29, 0.717) is 6.04 Å². The van der Waals surface area contributed by atoms with E-state index in [9.17, 15) is 5.11 Å². The Bertz CT molecular complexity index is 432. The molecule has 19 heavy (non-hydrogen) atoms. The summed E-state index contributed by atoms with van der Waals surface area (Å²) in [7, 11) is 0. The summed E-state index contributed by atoms with van der Waals surface area (Å²) >= 11 is 0. The van der Waals surface area contributed by atoms with Gasteiger partial charge in [-0.2, -0.15) is 0 Å². The van der Waals surface area contributed by atoms with Gasteiger partial charge in [0.25, 0.3) is 0 Å². The first-order valence-corrected chi connectivity index (χ1v) is 7.57. The Kier molecular flexibility index (Phi) is 3.59. The van der Waals surface area contributed by atoms with Gasteiger partial charge in [-0.1, -0.05) is 0 Å². The summed E-state index contributed by atoms with van der Waals surface area (Å²) in [6.45, 7) is 4.57. The Hall–Kier alpha value is -0.930. The topological polar surface area (TPSA) is 36.4 Å². The molecule has 1 aliphatic heterocycles. The second kappa shape index (κ2) is 5.22. The monoisotopic (exact) mass is 260 g/mol. The van der Waals surface area contributed by atoms with Gasteiger partial charge in [0, 0.05) is 12.2 Å². The number of nitrogens with zero attached hydrogens (tertiary/aromatic N) is 2. The average Bonchev–Trinajstić information content (AvgIpc) is 2.94. The van der Waals surface area contributed by atoms with Crippen molar-refractivity contribution in [2.24, 2.45) is 0 Å². The van der Waals surface area contributed by atoms with Gasteiger partial charge in [0.05, 0.1) is 5.69 Å². The second-order valence-corrected chi connectivity index (χ2v) is 6.22. The molecule has 1 aromatic rings. The van der Waals surface area contributed by atoms with Crippen LogP contribution in [0.2, 0.25) is 0 Å². The van der Waals surface area contributed by atoms with Crippen molar-refractivity contribution >= 4 is 0 Å². The number of hydrogen-bond acceptors (Lipinski definition) is 3. The third-order valence-electron chi connectivity index (χ3n) is 4.83. The summed E-state index contributed by atoms with van der Waals surface area (Å²) in [6, 6.07) is 4.71. The Morgan fingerprint density at radius 1 is 1.26 bits per heavy atom. The molecule has 2 aliphatic rings. The molecule has 0 aromatic carbocycles. The van der Waals surface area contributed by atoms with E-state index in [0.717, 1.165) is 31.4 Å². The Morgan fingerprint density at radius 3 is 2.58 bits per heavy atom. The summed E-state index contributed by atoms with van der Waals surface area (Å²) in [5, 5.41) is 10.8. The molecule has 3 heteroatoms. The normalized spacial score (nSPS) is 32.6. The number of pyridine rings is 1. The van der Waals surface area contributed by atoms with E-state index in [-0.39, 0.29) is 0 Å². The van der Waals surface area contributed by atoms with Gasteiger partial charge < -0.3 is 10.0 Å². The molecule has 3 rings (SSSR count). The van der Waals surface area contributed by atoms with Crippen LogP contribution in [-0.2, 0) is 5.60 Å². The van der Waals surface area contributed by atoms with Crippen LogP contribution in [-0.4, -0.2) is 34.1 Å². The van der Waals surface area contributed by atoms with Crippen molar-refractivity contribution in [3.05, 3.63) is 29.6 Å². The maximum absolute atomic E-state index is 10.8. The summed E-state index contributed by atoms with van der Waals surface area (Å²) in [5.41, 5.74) is 1.36. The van der Waals surface area contributed by atoms with Gasteiger partial charge in [-0.3, -0.25) is 4.98 Å². The van der Waals surface area contributed by atoms with Crippen LogP contribution in [0.1, 0.15) is 49.8 Å². The van der Waals surface area contributed by atoms with Crippen molar-refractivity contribution in [1.29, 1.82) is 0 Å². The molecule has 1 saturated carbocycles. The van der Waals surface area contributed by atoms with E-state index in [2.05, 4.69) is 16.8 Å². The van der Waals surface area contributed by atoms with Crippen LogP contribution in [0, 0.1) is 6.92 Å². The van der Waals surface area contributed by atoms with E-state index in [1.807, 2.05) is 18.3 Å². The van der Waals surface area contributed by atoms with Crippen molar-refractivity contribution in [2.45, 2.75) is 57.1 Å². The highest BCUT2D eigenvalue weighted by molar-refractivity contribution is 5.20. The maximum atomic E-state index is 10.8. The first-order valence-electron chi connectivity index (χ1n) is 7.57. The molecule has 0 unspecified atom stereocenters. The highest BCUT2D eigenvalue weighted by Crippen LogP contribution is 2.38. The molecule has 0 amide bonds. The summed E-state index contributed by atoms with van der Waals surface area (Å²) in [6.07, 6.45) is 8.42. The molecule has 1 N–H and O–H groups in total. The van der Waals surface area contributed by atoms with Crippen LogP contribution >= 0.6 is 0 Å². The largest absolute Gasteiger partial charge is 0.384 e. The van der Waals surface area contributed by atoms with E-state index >= 15 is 0 Å². The molecule has 0 spiro atoms. The maximum Gasteiger partial charge on any atom is 0.107 e. The van der Waals surface area contributed by atoms with Crippen LogP contribution in [0.4, 0.5) is 0 Å². The minimum atomic E-state index is -0.692. The van der Waals surface area contributed by atoms with Crippen molar-refractivity contribution in [2.75, 3.05) is 13.1 Å². The highest BCUT2D eigenvalue weighted by atomic mass is 16.3. The lowest BCUT2D eigenvalue weighted by molar-refractivity contribution is -0.0256. The van der Waals surface area contributed by atoms with Gasteiger partial charge in [-0.25, -0.2) is 0 Å². The molecule has 0 radical (unpaired) electrons. The highest BCUT2D eigenvalue weighted by Gasteiger charge is 2.38. The lowest BCUT2D eigenvalue weighted by Crippen LogP contribution is -2.41. The van der Waals surface area contributed by atoms with Crippen molar-refractivity contribution < 1.29 is 5.11 Å². The number of aryl methyl sites for hydroxylation is 1. The number of likely N-dealkylation sites (tertiary alicyclic amines) is 1. The van der Waals surface area contributed by atoms with Crippen LogP contribution in [0.5, 0.6) is 0 Å². The first kappa shape index (κ1) is 13.1. The molecule has 2 heterocycles. The molecule has 2 fully saturated rings. The van der Waals surface area contributed by atoms with E-state index in [4.69, 9.17) is 0 Å². The third-order valence-corrected chi connectivity index (χ3v) is 4.83. The van der Waals surface area contributed by atoms with E-state index in [1.165, 1.54) is 31.5 Å². The SMILES string of the molecule is Cc1ccnc(C2(O)CCC(N3CCCC3)CC2)c1. The third kappa shape index (κ3) is 2.67. The fraction of sp³-hybridized carbons (Fsp3) is 0.688. The molecule has 0 bridgehead atoms. The van der Waals surface area contributed by atoms with Gasteiger partial charge in [0.2, 0.25) is 0 Å². The zero-order valence-corrected chi connectivity index (χ0v) is 11.8. The van der Waals surface area contributed by atoms with Crippen LogP contribution in [0.25, 0.3) is 0 Å². The van der Waals surface area contributed by atoms with Gasteiger partial charge in [0.15, 0.2) is 0 Å². The van der Waals surface area contributed by atoms with E-state index < -0.39 is 5.60 Å². The second-order valence-electron chi connectivity index (χ2n) is 6.22. The van der Waals surface area contributed by atoms with Gasteiger partial charge in [0.1, 0.15) is 5.60 Å². The number of hydrogen-bond donors (Lipinski definition) is 1. The predicted octanol–water partition coefficient (Wildman–Crippen LogP) is 2.62. The molecule has 1 saturated heterocycles. The standard InChI is InChI=1S/C16H24N2O/c1-13-6-9-17-15(12-13)16(19)7-4-14(5-8-16)18-10-2-3-11-18/h6,9,12,14,19H,2-5,7-8,10-11H2,1H3. The molecular formula is C16H24N2O. The zero-order valence-electron chi connectivity index (χ0n) is 11.8.